The van der Waals surface area contributed by atoms with Crippen LogP contribution in [0.5, 0.6) is 0 Å². The van der Waals surface area contributed by atoms with E-state index in [2.05, 4.69) is 15.6 Å². The summed E-state index contributed by atoms with van der Waals surface area (Å²) in [6.45, 7) is 0.234. The number of nitrogens with one attached hydrogen (secondary N) is 2. The van der Waals surface area contributed by atoms with Gasteiger partial charge in [0.1, 0.15) is 4.21 Å². The van der Waals surface area contributed by atoms with Crippen LogP contribution < -0.4 is 10.6 Å². The fraction of sp³-hybridized carbons (Fsp3) is 0.176. The van der Waals surface area contributed by atoms with Gasteiger partial charge in [-0.15, -0.1) is 11.3 Å². The molecule has 0 aliphatic carbocycles. The van der Waals surface area contributed by atoms with Gasteiger partial charge in [0.2, 0.25) is 0 Å². The van der Waals surface area contributed by atoms with E-state index in [-0.39, 0.29) is 16.8 Å². The fourth-order valence-electron chi connectivity index (χ4n) is 2.31. The Morgan fingerprint density at radius 1 is 1.15 bits per heavy atom. The number of amides is 2. The lowest BCUT2D eigenvalue weighted by molar-refractivity contribution is 0.252. The molecule has 2 amide bonds. The number of fused-ring (bicyclic) bond motifs is 1. The molecule has 0 atom stereocenters. The number of benzene rings is 1. The first kappa shape index (κ1) is 18.3. The van der Waals surface area contributed by atoms with E-state index >= 15 is 0 Å². The third kappa shape index (κ3) is 3.85. The molecule has 0 fully saturated rings. The number of carbonyl (C=O) groups excluding carboxylic acids is 1. The number of pyridine rings is 1. The monoisotopic (exact) mass is 390 g/mol. The molecule has 26 heavy (non-hydrogen) atoms. The average Bonchev–Trinajstić information content (AvgIpc) is 3.10. The molecule has 0 aliphatic rings. The smallest absolute Gasteiger partial charge is 0.319 e. The maximum absolute atomic E-state index is 12.2. The van der Waals surface area contributed by atoms with Crippen molar-refractivity contribution < 1.29 is 13.2 Å². The summed E-state index contributed by atoms with van der Waals surface area (Å²) in [4.78, 5) is 17.2. The minimum absolute atomic E-state index is 0.234. The largest absolute Gasteiger partial charge is 0.333 e. The van der Waals surface area contributed by atoms with Crippen molar-refractivity contribution in [1.29, 1.82) is 0 Å². The van der Waals surface area contributed by atoms with Crippen LogP contribution in [-0.4, -0.2) is 37.8 Å². The second-order valence-electron chi connectivity index (χ2n) is 5.70. The van der Waals surface area contributed by atoms with Crippen molar-refractivity contribution in [3.8, 4) is 0 Å². The number of aromatic nitrogens is 1. The van der Waals surface area contributed by atoms with Crippen LogP contribution in [0.1, 0.15) is 4.88 Å². The highest BCUT2D eigenvalue weighted by Gasteiger charge is 2.19. The number of urea groups is 1. The van der Waals surface area contributed by atoms with Crippen molar-refractivity contribution in [2.24, 2.45) is 0 Å². The zero-order chi connectivity index (χ0) is 18.7. The second-order valence-corrected chi connectivity index (χ2v) is 9.24. The Kier molecular flexibility index (Phi) is 5.21. The first-order chi connectivity index (χ1) is 12.4. The Hall–Kier alpha value is -2.49. The number of carbonyl (C=O) groups is 1. The molecule has 3 aromatic rings. The predicted octanol–water partition coefficient (Wildman–Crippen LogP) is 2.87. The van der Waals surface area contributed by atoms with Gasteiger partial charge in [0, 0.05) is 30.6 Å². The summed E-state index contributed by atoms with van der Waals surface area (Å²) >= 11 is 1.13. The standard InChI is InChI=1S/C17H18N4O3S2/c1-21(2)26(23,24)15-9-8-13(25-15)11-19-17(22)20-14-7-3-5-12-6-4-10-18-16(12)14/h3-10H,11H2,1-2H3,(H2,19,20,22). The summed E-state index contributed by atoms with van der Waals surface area (Å²) < 4.78 is 25.6. The molecule has 0 bridgehead atoms. The lowest BCUT2D eigenvalue weighted by Crippen LogP contribution is -2.28. The third-order valence-electron chi connectivity index (χ3n) is 3.68. The van der Waals surface area contributed by atoms with Crippen LogP contribution in [0, 0.1) is 0 Å². The topological polar surface area (TPSA) is 91.4 Å². The Labute approximate surface area is 155 Å². The molecule has 136 valence electrons. The molecular weight excluding hydrogens is 372 g/mol. The third-order valence-corrected chi connectivity index (χ3v) is 7.04. The summed E-state index contributed by atoms with van der Waals surface area (Å²) in [6, 6.07) is 12.2. The number of hydrogen-bond acceptors (Lipinski definition) is 5. The number of thiophene rings is 1. The van der Waals surface area contributed by atoms with Crippen molar-refractivity contribution >= 4 is 44.0 Å². The normalized spacial score (nSPS) is 11.7. The van der Waals surface area contributed by atoms with Gasteiger partial charge < -0.3 is 10.6 Å². The number of para-hydroxylation sites is 1. The molecule has 9 heteroatoms. The minimum atomic E-state index is -3.45. The van der Waals surface area contributed by atoms with Gasteiger partial charge in [-0.2, -0.15) is 0 Å². The molecule has 0 spiro atoms. The number of anilines is 1. The molecule has 0 aliphatic heterocycles. The molecule has 2 N–H and O–H groups in total. The maximum atomic E-state index is 12.2. The van der Waals surface area contributed by atoms with Crippen molar-refractivity contribution in [3.63, 3.8) is 0 Å². The van der Waals surface area contributed by atoms with E-state index in [1.807, 2.05) is 24.3 Å². The molecular formula is C17H18N4O3S2. The lowest BCUT2D eigenvalue weighted by atomic mass is 10.2. The van der Waals surface area contributed by atoms with E-state index in [1.54, 1.807) is 24.4 Å². The van der Waals surface area contributed by atoms with Gasteiger partial charge in [0.25, 0.3) is 10.0 Å². The van der Waals surface area contributed by atoms with Crippen molar-refractivity contribution in [1.82, 2.24) is 14.6 Å². The number of sulfonamides is 1. The molecule has 1 aromatic carbocycles. The van der Waals surface area contributed by atoms with Crippen LogP contribution in [0.15, 0.2) is 52.9 Å². The summed E-state index contributed by atoms with van der Waals surface area (Å²) in [5, 5.41) is 6.44. The van der Waals surface area contributed by atoms with Crippen molar-refractivity contribution in [2.45, 2.75) is 10.8 Å². The molecule has 2 aromatic heterocycles. The first-order valence-corrected chi connectivity index (χ1v) is 10.0. The Morgan fingerprint density at radius 3 is 2.69 bits per heavy atom. The summed E-state index contributed by atoms with van der Waals surface area (Å²) in [6.07, 6.45) is 1.67. The molecule has 0 unspecified atom stereocenters. The fourth-order valence-corrected chi connectivity index (χ4v) is 4.78. The van der Waals surface area contributed by atoms with Crippen molar-refractivity contribution in [3.05, 3.63) is 53.5 Å². The predicted molar refractivity (Wildman–Crippen MR) is 103 cm³/mol. The van der Waals surface area contributed by atoms with E-state index in [0.717, 1.165) is 25.9 Å². The van der Waals surface area contributed by atoms with Gasteiger partial charge in [0.15, 0.2) is 0 Å². The van der Waals surface area contributed by atoms with Gasteiger partial charge in [-0.25, -0.2) is 17.5 Å². The van der Waals surface area contributed by atoms with Crippen LogP contribution in [0.25, 0.3) is 10.9 Å². The number of rotatable bonds is 5. The van der Waals surface area contributed by atoms with E-state index < -0.39 is 10.0 Å². The highest BCUT2D eigenvalue weighted by Crippen LogP contribution is 2.24. The zero-order valence-electron chi connectivity index (χ0n) is 14.3. The summed E-state index contributed by atoms with van der Waals surface area (Å²) in [5.74, 6) is 0. The highest BCUT2D eigenvalue weighted by atomic mass is 32.2. The molecule has 2 heterocycles. The van der Waals surface area contributed by atoms with Crippen molar-refractivity contribution in [2.75, 3.05) is 19.4 Å². The summed E-state index contributed by atoms with van der Waals surface area (Å²) in [5.41, 5.74) is 1.32. The second kappa shape index (κ2) is 7.40. The number of hydrogen-bond donors (Lipinski definition) is 2. The Bertz CT molecular complexity index is 1040. The minimum Gasteiger partial charge on any atom is -0.333 e. The Morgan fingerprint density at radius 2 is 1.92 bits per heavy atom. The van der Waals surface area contributed by atoms with E-state index in [0.29, 0.717) is 11.2 Å². The summed E-state index contributed by atoms with van der Waals surface area (Å²) in [7, 11) is -0.483. The van der Waals surface area contributed by atoms with Crippen LogP contribution in [0.2, 0.25) is 0 Å². The molecule has 7 nitrogen and oxygen atoms in total. The molecule has 0 radical (unpaired) electrons. The molecule has 0 saturated heterocycles. The molecule has 3 rings (SSSR count). The van der Waals surface area contributed by atoms with E-state index in [4.69, 9.17) is 0 Å². The van der Waals surface area contributed by atoms with Gasteiger partial charge >= 0.3 is 6.03 Å². The SMILES string of the molecule is CN(C)S(=O)(=O)c1ccc(CNC(=O)Nc2cccc3cccnc23)s1. The van der Waals surface area contributed by atoms with Gasteiger partial charge in [0.05, 0.1) is 17.7 Å². The average molecular weight is 390 g/mol. The Balaban J connectivity index is 1.65. The zero-order valence-corrected chi connectivity index (χ0v) is 15.9. The van der Waals surface area contributed by atoms with E-state index in [1.165, 1.54) is 14.1 Å². The van der Waals surface area contributed by atoms with Gasteiger partial charge in [-0.05, 0) is 24.3 Å². The molecule has 0 saturated carbocycles. The highest BCUT2D eigenvalue weighted by molar-refractivity contribution is 7.91. The quantitative estimate of drug-likeness (QED) is 0.701. The lowest BCUT2D eigenvalue weighted by Gasteiger charge is -2.09. The van der Waals surface area contributed by atoms with Crippen LogP contribution >= 0.6 is 11.3 Å². The van der Waals surface area contributed by atoms with Gasteiger partial charge in [-0.3, -0.25) is 4.98 Å². The van der Waals surface area contributed by atoms with Gasteiger partial charge in [-0.1, -0.05) is 18.2 Å². The van der Waals surface area contributed by atoms with Crippen LogP contribution in [0.3, 0.4) is 0 Å². The van der Waals surface area contributed by atoms with Crippen LogP contribution in [0.4, 0.5) is 10.5 Å². The first-order valence-electron chi connectivity index (χ1n) is 7.78. The number of nitrogens with zero attached hydrogens (tertiary/aromatic N) is 2. The van der Waals surface area contributed by atoms with Crippen LogP contribution in [-0.2, 0) is 16.6 Å². The van der Waals surface area contributed by atoms with E-state index in [9.17, 15) is 13.2 Å². The maximum Gasteiger partial charge on any atom is 0.319 e.